The molecule has 1 fully saturated rings. The van der Waals surface area contributed by atoms with Crippen LogP contribution in [0.5, 0.6) is 0 Å². The topological polar surface area (TPSA) is 99.7 Å². The van der Waals surface area contributed by atoms with Crippen LogP contribution >= 0.6 is 22.7 Å². The van der Waals surface area contributed by atoms with Crippen molar-refractivity contribution in [1.29, 1.82) is 0 Å². The second kappa shape index (κ2) is 7.12. The van der Waals surface area contributed by atoms with E-state index in [9.17, 15) is 18.0 Å². The first-order valence-electron chi connectivity index (χ1n) is 8.04. The molecule has 2 amide bonds. The van der Waals surface area contributed by atoms with Crippen molar-refractivity contribution in [2.24, 2.45) is 0 Å². The van der Waals surface area contributed by atoms with Crippen molar-refractivity contribution in [2.45, 2.75) is 13.0 Å². The number of nitrogens with zero attached hydrogens (tertiary/aromatic N) is 3. The summed E-state index contributed by atoms with van der Waals surface area (Å²) in [6.45, 7) is 1.96. The van der Waals surface area contributed by atoms with Gasteiger partial charge in [-0.1, -0.05) is 11.3 Å². The predicted molar refractivity (Wildman–Crippen MR) is 104 cm³/mol. The van der Waals surface area contributed by atoms with Crippen molar-refractivity contribution in [2.75, 3.05) is 43.6 Å². The van der Waals surface area contributed by atoms with Crippen LogP contribution in [0.1, 0.15) is 16.6 Å². The fourth-order valence-corrected chi connectivity index (χ4v) is 5.80. The molecule has 1 N–H and O–H groups in total. The molecule has 1 saturated heterocycles. The highest BCUT2D eigenvalue weighted by atomic mass is 32.2. The van der Waals surface area contributed by atoms with Crippen molar-refractivity contribution in [3.63, 3.8) is 0 Å². The number of fused-ring (bicyclic) bond motifs is 1. The number of nitrogens with one attached hydrogen (secondary N) is 1. The van der Waals surface area contributed by atoms with E-state index in [4.69, 9.17) is 0 Å². The van der Waals surface area contributed by atoms with Gasteiger partial charge in [0.2, 0.25) is 5.91 Å². The molecule has 1 aliphatic heterocycles. The Morgan fingerprint density at radius 1 is 1.27 bits per heavy atom. The molecule has 0 bridgehead atoms. The van der Waals surface area contributed by atoms with Gasteiger partial charge in [-0.2, -0.15) is 0 Å². The van der Waals surface area contributed by atoms with Crippen LogP contribution < -0.4 is 10.2 Å². The van der Waals surface area contributed by atoms with Gasteiger partial charge in [0.05, 0.1) is 21.1 Å². The second-order valence-corrected chi connectivity index (χ2v) is 10.7. The average Bonchev–Trinajstić information content (AvgIpc) is 3.13. The summed E-state index contributed by atoms with van der Waals surface area (Å²) in [4.78, 5) is 34.0. The summed E-state index contributed by atoms with van der Waals surface area (Å²) in [6.07, 6.45) is 0. The van der Waals surface area contributed by atoms with E-state index < -0.39 is 15.9 Å². The number of carbonyl (C=O) groups is 2. The number of thiazole rings is 1. The molecule has 1 aliphatic rings. The molecule has 2 aromatic rings. The molecule has 3 rings (SSSR count). The molecular weight excluding hydrogens is 396 g/mol. The van der Waals surface area contributed by atoms with E-state index in [-0.39, 0.29) is 36.4 Å². The standard InChI is InChI=1S/C15H20N4O4S3/c1-9(14(21)19-4-6-26(22,23)7-5-19)16-12(20)10-8-11-13(24-10)17-15(25-11)18(2)3/h8-9H,4-7H2,1-3H3,(H,16,20). The number of aromatic nitrogens is 1. The minimum Gasteiger partial charge on any atom is -0.354 e. The quantitative estimate of drug-likeness (QED) is 0.791. The number of hydrogen-bond acceptors (Lipinski definition) is 8. The van der Waals surface area contributed by atoms with E-state index in [2.05, 4.69) is 10.3 Å². The van der Waals surface area contributed by atoms with Crippen LogP contribution in [0, 0.1) is 0 Å². The van der Waals surface area contributed by atoms with Gasteiger partial charge >= 0.3 is 0 Å². The summed E-state index contributed by atoms with van der Waals surface area (Å²) in [5, 5.41) is 3.58. The number of anilines is 1. The first-order valence-corrected chi connectivity index (χ1v) is 11.5. The molecule has 1 atom stereocenters. The lowest BCUT2D eigenvalue weighted by molar-refractivity contribution is -0.132. The van der Waals surface area contributed by atoms with Crippen LogP contribution in [0.25, 0.3) is 9.53 Å². The molecule has 0 saturated carbocycles. The minimum absolute atomic E-state index is 0.0273. The third-order valence-electron chi connectivity index (χ3n) is 4.06. The number of thiophene rings is 1. The Bertz CT molecular complexity index is 902. The Morgan fingerprint density at radius 3 is 2.50 bits per heavy atom. The van der Waals surface area contributed by atoms with E-state index in [0.717, 1.165) is 14.7 Å². The first-order chi connectivity index (χ1) is 12.2. The van der Waals surface area contributed by atoms with Gasteiger partial charge in [-0.25, -0.2) is 13.4 Å². The lowest BCUT2D eigenvalue weighted by atomic mass is 10.2. The van der Waals surface area contributed by atoms with E-state index in [1.807, 2.05) is 19.0 Å². The van der Waals surface area contributed by atoms with Gasteiger partial charge in [0.25, 0.3) is 5.91 Å². The number of amides is 2. The fraction of sp³-hybridized carbons (Fsp3) is 0.533. The van der Waals surface area contributed by atoms with E-state index in [1.165, 1.54) is 27.6 Å². The summed E-state index contributed by atoms with van der Waals surface area (Å²) in [5.74, 6) is -0.641. The van der Waals surface area contributed by atoms with Gasteiger partial charge < -0.3 is 15.1 Å². The zero-order chi connectivity index (χ0) is 19.1. The highest BCUT2D eigenvalue weighted by Gasteiger charge is 2.29. The van der Waals surface area contributed by atoms with Gasteiger partial charge in [0.15, 0.2) is 15.0 Å². The number of hydrogen-bond donors (Lipinski definition) is 1. The summed E-state index contributed by atoms with van der Waals surface area (Å²) >= 11 is 2.79. The monoisotopic (exact) mass is 416 g/mol. The van der Waals surface area contributed by atoms with Crippen LogP contribution in [-0.4, -0.2) is 74.8 Å². The first kappa shape index (κ1) is 19.1. The van der Waals surface area contributed by atoms with Gasteiger partial charge in [0, 0.05) is 27.2 Å². The third-order valence-corrected chi connectivity index (χ3v) is 7.99. The van der Waals surface area contributed by atoms with Crippen molar-refractivity contribution in [3.05, 3.63) is 10.9 Å². The molecule has 142 valence electrons. The third kappa shape index (κ3) is 3.99. The maximum absolute atomic E-state index is 12.4. The maximum atomic E-state index is 12.4. The molecule has 1 unspecified atom stereocenters. The summed E-state index contributed by atoms with van der Waals surface area (Å²) in [6, 6.07) is 1.07. The fourth-order valence-electron chi connectivity index (χ4n) is 2.56. The molecule has 0 aliphatic carbocycles. The smallest absolute Gasteiger partial charge is 0.262 e. The highest BCUT2D eigenvalue weighted by molar-refractivity contribution is 7.91. The van der Waals surface area contributed by atoms with Gasteiger partial charge in [-0.3, -0.25) is 9.59 Å². The Labute approximate surface area is 159 Å². The van der Waals surface area contributed by atoms with Crippen LogP contribution in [0.15, 0.2) is 6.07 Å². The summed E-state index contributed by atoms with van der Waals surface area (Å²) < 4.78 is 23.9. The molecular formula is C15H20N4O4S3. The molecule has 2 aromatic heterocycles. The maximum Gasteiger partial charge on any atom is 0.262 e. The largest absolute Gasteiger partial charge is 0.354 e. The van der Waals surface area contributed by atoms with E-state index in [1.54, 1.807) is 13.0 Å². The van der Waals surface area contributed by atoms with E-state index in [0.29, 0.717) is 4.88 Å². The molecule has 11 heteroatoms. The molecule has 8 nitrogen and oxygen atoms in total. The molecule has 0 radical (unpaired) electrons. The lowest BCUT2D eigenvalue weighted by Gasteiger charge is -2.29. The van der Waals surface area contributed by atoms with Gasteiger partial charge in [0.1, 0.15) is 10.9 Å². The Balaban J connectivity index is 1.63. The average molecular weight is 417 g/mol. The van der Waals surface area contributed by atoms with Crippen molar-refractivity contribution in [3.8, 4) is 0 Å². The molecule has 0 spiro atoms. The summed E-state index contributed by atoms with van der Waals surface area (Å²) in [5.41, 5.74) is 0. The van der Waals surface area contributed by atoms with Crippen LogP contribution in [0.4, 0.5) is 5.13 Å². The molecule has 26 heavy (non-hydrogen) atoms. The number of carbonyl (C=O) groups excluding carboxylic acids is 2. The van der Waals surface area contributed by atoms with Crippen molar-refractivity contribution < 1.29 is 18.0 Å². The summed E-state index contributed by atoms with van der Waals surface area (Å²) in [7, 11) is 0.776. The highest BCUT2D eigenvalue weighted by Crippen LogP contribution is 2.33. The van der Waals surface area contributed by atoms with Crippen LogP contribution in [-0.2, 0) is 14.6 Å². The molecule has 0 aromatic carbocycles. The number of sulfone groups is 1. The van der Waals surface area contributed by atoms with E-state index >= 15 is 0 Å². The Kier molecular flexibility index (Phi) is 5.22. The molecule has 3 heterocycles. The zero-order valence-corrected chi connectivity index (χ0v) is 17.1. The predicted octanol–water partition coefficient (Wildman–Crippen LogP) is 0.799. The van der Waals surface area contributed by atoms with Gasteiger partial charge in [-0.15, -0.1) is 11.3 Å². The second-order valence-electron chi connectivity index (χ2n) is 6.34. The zero-order valence-electron chi connectivity index (χ0n) is 14.7. The van der Waals surface area contributed by atoms with Gasteiger partial charge in [-0.05, 0) is 13.0 Å². The van der Waals surface area contributed by atoms with Crippen molar-refractivity contribution in [1.82, 2.24) is 15.2 Å². The van der Waals surface area contributed by atoms with Crippen molar-refractivity contribution >= 4 is 59.0 Å². The van der Waals surface area contributed by atoms with Crippen LogP contribution in [0.2, 0.25) is 0 Å². The Morgan fingerprint density at radius 2 is 1.92 bits per heavy atom. The lowest BCUT2D eigenvalue weighted by Crippen LogP contribution is -2.51. The SMILES string of the molecule is CC(NC(=O)c1cc2sc(N(C)C)nc2s1)C(=O)N1CCS(=O)(=O)CC1. The number of rotatable bonds is 4. The Hall–Kier alpha value is -1.72. The normalized spacial score (nSPS) is 17.9. The van der Waals surface area contributed by atoms with Crippen LogP contribution in [0.3, 0.4) is 0 Å². The minimum atomic E-state index is -3.05.